The Hall–Kier alpha value is -1.29. The van der Waals surface area contributed by atoms with E-state index in [1.54, 1.807) is 12.3 Å². The Labute approximate surface area is 89.0 Å². The van der Waals surface area contributed by atoms with Crippen molar-refractivity contribution in [3.05, 3.63) is 23.7 Å². The van der Waals surface area contributed by atoms with Crippen molar-refractivity contribution in [1.82, 2.24) is 10.6 Å². The number of carbonyl (C=O) groups excluding carboxylic acids is 1. The smallest absolute Gasteiger partial charge is 0.287 e. The maximum Gasteiger partial charge on any atom is 0.287 e. The van der Waals surface area contributed by atoms with Crippen molar-refractivity contribution in [2.24, 2.45) is 0 Å². The predicted molar refractivity (Wildman–Crippen MR) is 56.8 cm³/mol. The summed E-state index contributed by atoms with van der Waals surface area (Å²) in [6.45, 7) is 3.77. The third-order valence-electron chi connectivity index (χ3n) is 2.70. The number of nitrogens with one attached hydrogen (secondary N) is 2. The minimum Gasteiger partial charge on any atom is -0.459 e. The highest BCUT2D eigenvalue weighted by Gasteiger charge is 2.18. The minimum atomic E-state index is -0.105. The van der Waals surface area contributed by atoms with Crippen molar-refractivity contribution >= 4 is 5.91 Å². The van der Waals surface area contributed by atoms with Gasteiger partial charge in [0.05, 0.1) is 6.26 Å². The molecule has 1 aromatic heterocycles. The van der Waals surface area contributed by atoms with E-state index in [4.69, 9.17) is 4.42 Å². The first-order chi connectivity index (χ1) is 7.27. The molecule has 0 saturated carbocycles. The van der Waals surface area contributed by atoms with Gasteiger partial charge in [0.2, 0.25) is 0 Å². The summed E-state index contributed by atoms with van der Waals surface area (Å²) in [4.78, 5) is 11.8. The lowest BCUT2D eigenvalue weighted by Gasteiger charge is -2.23. The Balaban J connectivity index is 1.94. The van der Waals surface area contributed by atoms with E-state index in [2.05, 4.69) is 10.6 Å². The Morgan fingerprint density at radius 3 is 3.13 bits per heavy atom. The average molecular weight is 208 g/mol. The maximum absolute atomic E-state index is 11.8. The molecule has 15 heavy (non-hydrogen) atoms. The lowest BCUT2D eigenvalue weighted by Crippen LogP contribution is -2.45. The van der Waals surface area contributed by atoms with E-state index >= 15 is 0 Å². The van der Waals surface area contributed by atoms with E-state index in [9.17, 15) is 4.79 Å². The zero-order valence-electron chi connectivity index (χ0n) is 8.88. The molecule has 2 N–H and O–H groups in total. The molecule has 1 aliphatic rings. The maximum atomic E-state index is 11.8. The van der Waals surface area contributed by atoms with Crippen LogP contribution in [0.2, 0.25) is 0 Å². The van der Waals surface area contributed by atoms with Crippen LogP contribution in [0.15, 0.2) is 16.7 Å². The molecule has 0 spiro atoms. The second-order valence-electron chi connectivity index (χ2n) is 3.95. The third kappa shape index (κ3) is 2.39. The van der Waals surface area contributed by atoms with E-state index in [-0.39, 0.29) is 11.9 Å². The van der Waals surface area contributed by atoms with Crippen LogP contribution in [0.4, 0.5) is 0 Å². The van der Waals surface area contributed by atoms with Crippen molar-refractivity contribution in [3.8, 4) is 0 Å². The number of hydrogen-bond acceptors (Lipinski definition) is 3. The second kappa shape index (κ2) is 4.49. The van der Waals surface area contributed by atoms with Gasteiger partial charge in [0.25, 0.3) is 5.91 Å². The lowest BCUT2D eigenvalue weighted by molar-refractivity contribution is 0.0901. The summed E-state index contributed by atoms with van der Waals surface area (Å²) in [6, 6.07) is 2.03. The van der Waals surface area contributed by atoms with Crippen molar-refractivity contribution in [2.75, 3.05) is 13.1 Å². The zero-order chi connectivity index (χ0) is 10.7. The molecule has 1 saturated heterocycles. The quantitative estimate of drug-likeness (QED) is 0.764. The number of furan rings is 1. The molecule has 0 aromatic carbocycles. The van der Waals surface area contributed by atoms with E-state index in [1.807, 2.05) is 6.92 Å². The van der Waals surface area contributed by atoms with Crippen LogP contribution in [0.5, 0.6) is 0 Å². The molecular weight excluding hydrogens is 192 g/mol. The number of rotatable bonds is 2. The number of carbonyl (C=O) groups is 1. The summed E-state index contributed by atoms with van der Waals surface area (Å²) in [6.07, 6.45) is 3.70. The highest BCUT2D eigenvalue weighted by atomic mass is 16.3. The molecule has 1 amide bonds. The largest absolute Gasteiger partial charge is 0.459 e. The highest BCUT2D eigenvalue weighted by Crippen LogP contribution is 2.09. The molecule has 0 unspecified atom stereocenters. The Bertz CT molecular complexity index is 340. The number of aryl methyl sites for hydroxylation is 1. The summed E-state index contributed by atoms with van der Waals surface area (Å²) in [5.41, 5.74) is 0.885. The summed E-state index contributed by atoms with van der Waals surface area (Å²) in [5.74, 6) is 0.326. The summed E-state index contributed by atoms with van der Waals surface area (Å²) in [7, 11) is 0. The molecule has 0 radical (unpaired) electrons. The number of amides is 1. The zero-order valence-corrected chi connectivity index (χ0v) is 8.88. The van der Waals surface area contributed by atoms with Crippen LogP contribution in [0.25, 0.3) is 0 Å². The van der Waals surface area contributed by atoms with Gasteiger partial charge in [-0.2, -0.15) is 0 Å². The number of piperidine rings is 1. The fourth-order valence-electron chi connectivity index (χ4n) is 1.83. The minimum absolute atomic E-state index is 0.105. The van der Waals surface area contributed by atoms with Gasteiger partial charge in [-0.05, 0) is 32.4 Å². The van der Waals surface area contributed by atoms with Crippen molar-refractivity contribution in [1.29, 1.82) is 0 Å². The van der Waals surface area contributed by atoms with Crippen molar-refractivity contribution in [2.45, 2.75) is 25.8 Å². The van der Waals surface area contributed by atoms with E-state index in [0.717, 1.165) is 31.5 Å². The summed E-state index contributed by atoms with van der Waals surface area (Å²) < 4.78 is 5.14. The van der Waals surface area contributed by atoms with E-state index in [1.165, 1.54) is 0 Å². The molecule has 4 heteroatoms. The molecule has 4 nitrogen and oxygen atoms in total. The van der Waals surface area contributed by atoms with Crippen LogP contribution in [0.1, 0.15) is 29.0 Å². The molecule has 1 atom stereocenters. The molecule has 1 fully saturated rings. The monoisotopic (exact) mass is 208 g/mol. The van der Waals surface area contributed by atoms with E-state index < -0.39 is 0 Å². The van der Waals surface area contributed by atoms with Crippen LogP contribution >= 0.6 is 0 Å². The molecule has 1 aromatic rings. The van der Waals surface area contributed by atoms with E-state index in [0.29, 0.717) is 5.76 Å². The SMILES string of the molecule is Cc1ccoc1C(=O)N[C@H]1CCCNC1. The molecular formula is C11H16N2O2. The van der Waals surface area contributed by atoms with Gasteiger partial charge in [0, 0.05) is 18.2 Å². The summed E-state index contributed by atoms with van der Waals surface area (Å²) in [5, 5.41) is 6.22. The predicted octanol–water partition coefficient (Wildman–Crippen LogP) is 1.07. The van der Waals surface area contributed by atoms with Crippen molar-refractivity contribution in [3.63, 3.8) is 0 Å². The van der Waals surface area contributed by atoms with Gasteiger partial charge in [0.15, 0.2) is 5.76 Å². The summed E-state index contributed by atoms with van der Waals surface area (Å²) >= 11 is 0. The molecule has 2 heterocycles. The first-order valence-electron chi connectivity index (χ1n) is 5.33. The molecule has 2 rings (SSSR count). The molecule has 0 bridgehead atoms. The van der Waals surface area contributed by atoms with Crippen LogP contribution < -0.4 is 10.6 Å². The normalized spacial score (nSPS) is 21.3. The van der Waals surface area contributed by atoms with Gasteiger partial charge in [-0.15, -0.1) is 0 Å². The topological polar surface area (TPSA) is 54.3 Å². The molecule has 82 valence electrons. The highest BCUT2D eigenvalue weighted by molar-refractivity contribution is 5.92. The van der Waals surface area contributed by atoms with Gasteiger partial charge in [-0.3, -0.25) is 4.79 Å². The van der Waals surface area contributed by atoms with Crippen LogP contribution in [0.3, 0.4) is 0 Å². The molecule has 1 aliphatic heterocycles. The van der Waals surface area contributed by atoms with Gasteiger partial charge in [0.1, 0.15) is 0 Å². The second-order valence-corrected chi connectivity index (χ2v) is 3.95. The van der Waals surface area contributed by atoms with Crippen LogP contribution in [-0.2, 0) is 0 Å². The van der Waals surface area contributed by atoms with Gasteiger partial charge in [-0.25, -0.2) is 0 Å². The van der Waals surface area contributed by atoms with Gasteiger partial charge < -0.3 is 15.1 Å². The van der Waals surface area contributed by atoms with Crippen LogP contribution in [0, 0.1) is 6.92 Å². The Morgan fingerprint density at radius 2 is 2.53 bits per heavy atom. The molecule has 0 aliphatic carbocycles. The first-order valence-corrected chi connectivity index (χ1v) is 5.33. The fourth-order valence-corrected chi connectivity index (χ4v) is 1.83. The lowest BCUT2D eigenvalue weighted by atomic mass is 10.1. The standard InChI is InChI=1S/C11H16N2O2/c1-8-4-6-15-10(8)11(14)13-9-3-2-5-12-7-9/h4,6,9,12H,2-3,5,7H2,1H3,(H,13,14)/t9-/m0/s1. The Morgan fingerprint density at radius 1 is 1.67 bits per heavy atom. The van der Waals surface area contributed by atoms with Crippen LogP contribution in [-0.4, -0.2) is 25.0 Å². The average Bonchev–Trinajstić information content (AvgIpc) is 2.66. The van der Waals surface area contributed by atoms with Gasteiger partial charge in [-0.1, -0.05) is 0 Å². The van der Waals surface area contributed by atoms with Crippen molar-refractivity contribution < 1.29 is 9.21 Å². The fraction of sp³-hybridized carbons (Fsp3) is 0.545. The Kier molecular flexibility index (Phi) is 3.06. The first kappa shape index (κ1) is 10.2. The van der Waals surface area contributed by atoms with Gasteiger partial charge >= 0.3 is 0 Å². The third-order valence-corrected chi connectivity index (χ3v) is 2.70. The number of hydrogen-bond donors (Lipinski definition) is 2.